The molecule has 0 spiro atoms. The highest BCUT2D eigenvalue weighted by atomic mass is 16.5. The Kier molecular flexibility index (Phi) is 4.01. The van der Waals surface area contributed by atoms with Gasteiger partial charge in [-0.25, -0.2) is 0 Å². The second kappa shape index (κ2) is 5.71. The van der Waals surface area contributed by atoms with Gasteiger partial charge in [-0.3, -0.25) is 0 Å². The molecule has 6 nitrogen and oxygen atoms in total. The number of nitrogens with two attached hydrogens (primary N) is 1. The van der Waals surface area contributed by atoms with Crippen molar-refractivity contribution in [2.24, 2.45) is 5.73 Å². The lowest BCUT2D eigenvalue weighted by Gasteiger charge is -2.10. The molecule has 102 valence electrons. The monoisotopic (exact) mass is 263 g/mol. The van der Waals surface area contributed by atoms with Crippen molar-refractivity contribution >= 4 is 0 Å². The van der Waals surface area contributed by atoms with Crippen molar-refractivity contribution in [3.63, 3.8) is 0 Å². The van der Waals surface area contributed by atoms with E-state index in [0.29, 0.717) is 36.2 Å². The van der Waals surface area contributed by atoms with E-state index >= 15 is 0 Å². The molecule has 1 heterocycles. The number of aryl methyl sites for hydroxylation is 1. The van der Waals surface area contributed by atoms with Crippen LogP contribution in [0.5, 0.6) is 11.5 Å². The molecule has 0 saturated carbocycles. The Bertz CT molecular complexity index is 566. The first-order chi connectivity index (χ1) is 9.19. The molecule has 1 aromatic carbocycles. The largest absolute Gasteiger partial charge is 0.493 e. The predicted octanol–water partition coefficient (Wildman–Crippen LogP) is 1.56. The van der Waals surface area contributed by atoms with Gasteiger partial charge in [0.15, 0.2) is 11.5 Å². The Hall–Kier alpha value is -2.08. The first-order valence-corrected chi connectivity index (χ1v) is 5.95. The quantitative estimate of drug-likeness (QED) is 0.881. The summed E-state index contributed by atoms with van der Waals surface area (Å²) in [5.41, 5.74) is 7.26. The number of rotatable bonds is 5. The summed E-state index contributed by atoms with van der Waals surface area (Å²) in [6.07, 6.45) is 0.569. The maximum Gasteiger partial charge on any atom is 0.248 e. The zero-order chi connectivity index (χ0) is 13.8. The molecule has 0 atom stereocenters. The minimum atomic E-state index is 0.460. The number of methoxy groups -OCH3 is 2. The van der Waals surface area contributed by atoms with Crippen molar-refractivity contribution in [3.8, 4) is 23.0 Å². The van der Waals surface area contributed by atoms with E-state index in [4.69, 9.17) is 19.6 Å². The topological polar surface area (TPSA) is 83.4 Å². The van der Waals surface area contributed by atoms with Crippen LogP contribution >= 0.6 is 0 Å². The Morgan fingerprint density at radius 2 is 1.84 bits per heavy atom. The average molecular weight is 263 g/mol. The summed E-state index contributed by atoms with van der Waals surface area (Å²) in [5.74, 6) is 2.29. The van der Waals surface area contributed by atoms with Crippen molar-refractivity contribution in [1.29, 1.82) is 0 Å². The van der Waals surface area contributed by atoms with Gasteiger partial charge in [0.2, 0.25) is 11.8 Å². The van der Waals surface area contributed by atoms with Crippen LogP contribution in [0.1, 0.15) is 11.5 Å². The summed E-state index contributed by atoms with van der Waals surface area (Å²) in [6.45, 7) is 2.43. The average Bonchev–Trinajstić information content (AvgIpc) is 2.87. The number of nitrogens with zero attached hydrogens (tertiary/aromatic N) is 2. The fourth-order valence-corrected chi connectivity index (χ4v) is 1.80. The predicted molar refractivity (Wildman–Crippen MR) is 70.3 cm³/mol. The molecule has 19 heavy (non-hydrogen) atoms. The molecule has 0 aliphatic rings. The lowest BCUT2D eigenvalue weighted by Crippen LogP contribution is -2.02. The van der Waals surface area contributed by atoms with Gasteiger partial charge in [-0.05, 0) is 24.6 Å². The summed E-state index contributed by atoms with van der Waals surface area (Å²) in [5, 5.41) is 7.98. The van der Waals surface area contributed by atoms with E-state index in [0.717, 1.165) is 11.1 Å². The highest BCUT2D eigenvalue weighted by molar-refractivity contribution is 5.64. The molecular weight excluding hydrogens is 246 g/mol. The number of benzene rings is 1. The molecular formula is C13H17N3O3. The third-order valence-corrected chi connectivity index (χ3v) is 2.79. The third kappa shape index (κ3) is 2.68. The lowest BCUT2D eigenvalue weighted by atomic mass is 10.1. The van der Waals surface area contributed by atoms with E-state index < -0.39 is 0 Å². The maximum absolute atomic E-state index is 5.57. The third-order valence-electron chi connectivity index (χ3n) is 2.79. The van der Waals surface area contributed by atoms with Crippen molar-refractivity contribution in [3.05, 3.63) is 23.6 Å². The zero-order valence-electron chi connectivity index (χ0n) is 11.3. The fourth-order valence-electron chi connectivity index (χ4n) is 1.80. The van der Waals surface area contributed by atoms with Crippen molar-refractivity contribution in [2.75, 3.05) is 20.8 Å². The minimum absolute atomic E-state index is 0.460. The van der Waals surface area contributed by atoms with E-state index in [1.54, 1.807) is 14.2 Å². The van der Waals surface area contributed by atoms with Gasteiger partial charge < -0.3 is 19.6 Å². The molecule has 0 bridgehead atoms. The number of aromatic nitrogens is 2. The maximum atomic E-state index is 5.57. The minimum Gasteiger partial charge on any atom is -0.493 e. The van der Waals surface area contributed by atoms with E-state index in [9.17, 15) is 0 Å². The summed E-state index contributed by atoms with van der Waals surface area (Å²) in [6, 6.07) is 3.70. The second-order valence-corrected chi connectivity index (χ2v) is 4.06. The van der Waals surface area contributed by atoms with E-state index in [1.165, 1.54) is 0 Å². The van der Waals surface area contributed by atoms with Gasteiger partial charge in [0.25, 0.3) is 0 Å². The molecule has 6 heteroatoms. The molecule has 0 amide bonds. The molecule has 0 aliphatic heterocycles. The van der Waals surface area contributed by atoms with Gasteiger partial charge in [0, 0.05) is 18.5 Å². The van der Waals surface area contributed by atoms with Crippen LogP contribution in [-0.4, -0.2) is 31.0 Å². The SMILES string of the molecule is COc1cc(C)c(-c2nnc(CCN)o2)cc1OC. The van der Waals surface area contributed by atoms with Crippen LogP contribution in [0.2, 0.25) is 0 Å². The van der Waals surface area contributed by atoms with Crippen LogP contribution in [0.25, 0.3) is 11.5 Å². The van der Waals surface area contributed by atoms with Crippen LogP contribution in [0.3, 0.4) is 0 Å². The van der Waals surface area contributed by atoms with Gasteiger partial charge in [-0.1, -0.05) is 0 Å². The van der Waals surface area contributed by atoms with Crippen LogP contribution in [0.15, 0.2) is 16.5 Å². The van der Waals surface area contributed by atoms with Gasteiger partial charge in [-0.2, -0.15) is 0 Å². The molecule has 0 fully saturated rings. The van der Waals surface area contributed by atoms with Crippen LogP contribution < -0.4 is 15.2 Å². The van der Waals surface area contributed by atoms with Crippen LogP contribution in [0.4, 0.5) is 0 Å². The summed E-state index contributed by atoms with van der Waals surface area (Å²) < 4.78 is 16.1. The van der Waals surface area contributed by atoms with Crippen molar-refractivity contribution in [2.45, 2.75) is 13.3 Å². The molecule has 0 saturated heterocycles. The molecule has 2 rings (SSSR count). The molecule has 1 aromatic heterocycles. The summed E-state index contributed by atoms with van der Waals surface area (Å²) in [7, 11) is 3.19. The number of hydrogen-bond donors (Lipinski definition) is 1. The Labute approximate surface area is 111 Å². The lowest BCUT2D eigenvalue weighted by molar-refractivity contribution is 0.354. The molecule has 2 aromatic rings. The Balaban J connectivity index is 2.42. The van der Waals surface area contributed by atoms with E-state index in [2.05, 4.69) is 10.2 Å². The summed E-state index contributed by atoms with van der Waals surface area (Å²) in [4.78, 5) is 0. The second-order valence-electron chi connectivity index (χ2n) is 4.06. The highest BCUT2D eigenvalue weighted by Crippen LogP contribution is 2.34. The fraction of sp³-hybridized carbons (Fsp3) is 0.385. The normalized spacial score (nSPS) is 10.5. The summed E-state index contributed by atoms with van der Waals surface area (Å²) >= 11 is 0. The van der Waals surface area contributed by atoms with Gasteiger partial charge >= 0.3 is 0 Å². The van der Waals surface area contributed by atoms with Crippen LogP contribution in [-0.2, 0) is 6.42 Å². The zero-order valence-corrected chi connectivity index (χ0v) is 11.3. The van der Waals surface area contributed by atoms with Crippen molar-refractivity contribution in [1.82, 2.24) is 10.2 Å². The molecule has 0 unspecified atom stereocenters. The van der Waals surface area contributed by atoms with E-state index in [1.807, 2.05) is 19.1 Å². The smallest absolute Gasteiger partial charge is 0.248 e. The standard InChI is InChI=1S/C13H17N3O3/c1-8-6-10(17-2)11(18-3)7-9(8)13-16-15-12(19-13)4-5-14/h6-7H,4-5,14H2,1-3H3. The first-order valence-electron chi connectivity index (χ1n) is 5.95. The molecule has 0 radical (unpaired) electrons. The number of ether oxygens (including phenoxy) is 2. The van der Waals surface area contributed by atoms with Crippen LogP contribution in [0, 0.1) is 6.92 Å². The van der Waals surface area contributed by atoms with Crippen molar-refractivity contribution < 1.29 is 13.9 Å². The highest BCUT2D eigenvalue weighted by Gasteiger charge is 2.15. The Morgan fingerprint density at radius 3 is 2.47 bits per heavy atom. The van der Waals surface area contributed by atoms with Gasteiger partial charge in [0.05, 0.1) is 14.2 Å². The van der Waals surface area contributed by atoms with Gasteiger partial charge in [-0.15, -0.1) is 10.2 Å². The number of hydrogen-bond acceptors (Lipinski definition) is 6. The van der Waals surface area contributed by atoms with Gasteiger partial charge in [0.1, 0.15) is 0 Å². The molecule has 2 N–H and O–H groups in total. The Morgan fingerprint density at radius 1 is 1.16 bits per heavy atom. The molecule has 0 aliphatic carbocycles. The van der Waals surface area contributed by atoms with E-state index in [-0.39, 0.29) is 0 Å². The first kappa shape index (κ1) is 13.4.